The summed E-state index contributed by atoms with van der Waals surface area (Å²) in [4.78, 5) is 31.5. The van der Waals surface area contributed by atoms with E-state index >= 15 is 0 Å². The van der Waals surface area contributed by atoms with Gasteiger partial charge in [0.1, 0.15) is 5.75 Å². The average Bonchev–Trinajstić information content (AvgIpc) is 3.21. The van der Waals surface area contributed by atoms with Gasteiger partial charge in [-0.1, -0.05) is 42.5 Å². The van der Waals surface area contributed by atoms with Crippen LogP contribution in [0, 0.1) is 5.92 Å². The Hall–Kier alpha value is -3.12. The van der Waals surface area contributed by atoms with Crippen LogP contribution in [-0.4, -0.2) is 68.0 Å². The van der Waals surface area contributed by atoms with Crippen molar-refractivity contribution in [2.75, 3.05) is 51.3 Å². The fourth-order valence-electron chi connectivity index (χ4n) is 4.20. The molecule has 0 spiro atoms. The molecule has 162 valence electrons. The maximum atomic E-state index is 13.0. The zero-order chi connectivity index (χ0) is 21.6. The summed E-state index contributed by atoms with van der Waals surface area (Å²) in [6, 6.07) is 17.7. The molecule has 4 rings (SSSR count). The number of methoxy groups -OCH3 is 1. The first-order valence-corrected chi connectivity index (χ1v) is 10.8. The Balaban J connectivity index is 1.26. The van der Waals surface area contributed by atoms with Gasteiger partial charge in [0.25, 0.3) is 0 Å². The topological polar surface area (TPSA) is 53.1 Å². The summed E-state index contributed by atoms with van der Waals surface area (Å²) < 4.78 is 5.18. The predicted molar refractivity (Wildman–Crippen MR) is 122 cm³/mol. The summed E-state index contributed by atoms with van der Waals surface area (Å²) in [6.45, 7) is 4.46. The lowest BCUT2D eigenvalue weighted by molar-refractivity contribution is -0.137. The van der Waals surface area contributed by atoms with Crippen molar-refractivity contribution in [1.82, 2.24) is 9.80 Å². The summed E-state index contributed by atoms with van der Waals surface area (Å²) >= 11 is 0. The first kappa shape index (κ1) is 21.1. The molecule has 2 aliphatic heterocycles. The molecule has 2 amide bonds. The quantitative estimate of drug-likeness (QED) is 0.723. The maximum absolute atomic E-state index is 13.0. The molecule has 6 nitrogen and oxygen atoms in total. The van der Waals surface area contributed by atoms with Crippen LogP contribution in [-0.2, 0) is 9.59 Å². The third-order valence-electron chi connectivity index (χ3n) is 6.02. The third kappa shape index (κ3) is 5.14. The standard InChI is InChI=1S/C25H29N3O3/c1-31-23-11-9-22(10-12-23)28-19-21(18-24(28)29)25(30)27-16-14-26(15-17-27)13-5-8-20-6-3-2-4-7-20/h2-12,21H,13-19H2,1H3/b8-5+. The largest absolute Gasteiger partial charge is 0.497 e. The van der Waals surface area contributed by atoms with Gasteiger partial charge in [-0.05, 0) is 29.8 Å². The number of carbonyl (C=O) groups is 2. The van der Waals surface area contributed by atoms with Gasteiger partial charge in [0.05, 0.1) is 13.0 Å². The minimum absolute atomic E-state index is 0.00759. The van der Waals surface area contributed by atoms with E-state index < -0.39 is 0 Å². The Morgan fingerprint density at radius 3 is 2.42 bits per heavy atom. The molecule has 0 N–H and O–H groups in total. The van der Waals surface area contributed by atoms with E-state index in [9.17, 15) is 9.59 Å². The molecule has 2 aromatic carbocycles. The zero-order valence-electron chi connectivity index (χ0n) is 17.9. The normalized spacial score (nSPS) is 19.9. The fraction of sp³-hybridized carbons (Fsp3) is 0.360. The number of hydrogen-bond acceptors (Lipinski definition) is 4. The first-order valence-electron chi connectivity index (χ1n) is 10.8. The lowest BCUT2D eigenvalue weighted by Crippen LogP contribution is -2.50. The van der Waals surface area contributed by atoms with E-state index in [0.29, 0.717) is 19.6 Å². The highest BCUT2D eigenvalue weighted by molar-refractivity contribution is 6.00. The highest BCUT2D eigenvalue weighted by atomic mass is 16.5. The predicted octanol–water partition coefficient (Wildman–Crippen LogP) is 2.91. The van der Waals surface area contributed by atoms with E-state index in [2.05, 4.69) is 29.2 Å². The smallest absolute Gasteiger partial charge is 0.228 e. The van der Waals surface area contributed by atoms with Crippen LogP contribution in [0.2, 0.25) is 0 Å². The summed E-state index contributed by atoms with van der Waals surface area (Å²) in [7, 11) is 1.62. The second-order valence-electron chi connectivity index (χ2n) is 8.04. The van der Waals surface area contributed by atoms with Gasteiger partial charge in [-0.2, -0.15) is 0 Å². The molecular weight excluding hydrogens is 390 g/mol. The lowest BCUT2D eigenvalue weighted by Gasteiger charge is -2.35. The van der Waals surface area contributed by atoms with Crippen molar-refractivity contribution in [3.05, 3.63) is 66.2 Å². The van der Waals surface area contributed by atoms with Gasteiger partial charge < -0.3 is 14.5 Å². The van der Waals surface area contributed by atoms with E-state index in [1.165, 1.54) is 5.56 Å². The number of piperazine rings is 1. The summed E-state index contributed by atoms with van der Waals surface area (Å²) in [5.41, 5.74) is 2.01. The molecule has 31 heavy (non-hydrogen) atoms. The number of hydrogen-bond donors (Lipinski definition) is 0. The number of anilines is 1. The average molecular weight is 420 g/mol. The monoisotopic (exact) mass is 419 g/mol. The van der Waals surface area contributed by atoms with Gasteiger partial charge in [0.15, 0.2) is 0 Å². The van der Waals surface area contributed by atoms with Crippen molar-refractivity contribution in [2.45, 2.75) is 6.42 Å². The number of rotatable bonds is 6. The van der Waals surface area contributed by atoms with Crippen LogP contribution in [0.5, 0.6) is 5.75 Å². The van der Waals surface area contributed by atoms with E-state index in [1.54, 1.807) is 12.0 Å². The highest BCUT2D eigenvalue weighted by Crippen LogP contribution is 2.28. The van der Waals surface area contributed by atoms with Crippen molar-refractivity contribution >= 4 is 23.6 Å². The Morgan fingerprint density at radius 1 is 1.03 bits per heavy atom. The Bertz CT molecular complexity index is 919. The molecule has 0 aliphatic carbocycles. The molecule has 1 atom stereocenters. The Morgan fingerprint density at radius 2 is 1.74 bits per heavy atom. The molecule has 2 aromatic rings. The summed E-state index contributed by atoms with van der Waals surface area (Å²) in [5, 5.41) is 0. The molecule has 2 saturated heterocycles. The molecular formula is C25H29N3O3. The van der Waals surface area contributed by atoms with Gasteiger partial charge in [0, 0.05) is 51.4 Å². The van der Waals surface area contributed by atoms with Gasteiger partial charge in [-0.25, -0.2) is 0 Å². The van der Waals surface area contributed by atoms with Crippen LogP contribution in [0.3, 0.4) is 0 Å². The van der Waals surface area contributed by atoms with Crippen LogP contribution in [0.15, 0.2) is 60.7 Å². The minimum Gasteiger partial charge on any atom is -0.497 e. The van der Waals surface area contributed by atoms with Crippen LogP contribution in [0.4, 0.5) is 5.69 Å². The number of amides is 2. The van der Waals surface area contributed by atoms with E-state index in [1.807, 2.05) is 47.4 Å². The molecule has 6 heteroatoms. The van der Waals surface area contributed by atoms with Crippen LogP contribution in [0.25, 0.3) is 6.08 Å². The number of nitrogens with zero attached hydrogens (tertiary/aromatic N) is 3. The van der Waals surface area contributed by atoms with Crippen molar-refractivity contribution < 1.29 is 14.3 Å². The van der Waals surface area contributed by atoms with Crippen molar-refractivity contribution in [3.63, 3.8) is 0 Å². The Kier molecular flexibility index (Phi) is 6.67. The van der Waals surface area contributed by atoms with Crippen LogP contribution in [0.1, 0.15) is 12.0 Å². The summed E-state index contributed by atoms with van der Waals surface area (Å²) in [5.74, 6) is 0.593. The van der Waals surface area contributed by atoms with E-state index in [-0.39, 0.29) is 24.2 Å². The van der Waals surface area contributed by atoms with Gasteiger partial charge in [-0.3, -0.25) is 14.5 Å². The second kappa shape index (κ2) is 9.79. The minimum atomic E-state index is -0.265. The molecule has 1 unspecified atom stereocenters. The highest BCUT2D eigenvalue weighted by Gasteiger charge is 2.37. The lowest BCUT2D eigenvalue weighted by atomic mass is 10.1. The molecule has 0 aromatic heterocycles. The van der Waals surface area contributed by atoms with Gasteiger partial charge in [-0.15, -0.1) is 0 Å². The van der Waals surface area contributed by atoms with Crippen molar-refractivity contribution in [3.8, 4) is 5.75 Å². The number of benzene rings is 2. The van der Waals surface area contributed by atoms with E-state index in [0.717, 1.165) is 31.1 Å². The fourth-order valence-corrected chi connectivity index (χ4v) is 4.20. The zero-order valence-corrected chi connectivity index (χ0v) is 17.9. The summed E-state index contributed by atoms with van der Waals surface area (Å²) in [6.07, 6.45) is 4.59. The molecule has 0 radical (unpaired) electrons. The SMILES string of the molecule is COc1ccc(N2CC(C(=O)N3CCN(C/C=C/c4ccccc4)CC3)CC2=O)cc1. The van der Waals surface area contributed by atoms with Crippen LogP contribution < -0.4 is 9.64 Å². The Labute approximate surface area is 183 Å². The molecule has 0 bridgehead atoms. The second-order valence-corrected chi connectivity index (χ2v) is 8.04. The molecule has 2 aliphatic rings. The number of ether oxygens (including phenoxy) is 1. The first-order chi connectivity index (χ1) is 15.1. The van der Waals surface area contributed by atoms with Gasteiger partial charge >= 0.3 is 0 Å². The third-order valence-corrected chi connectivity index (χ3v) is 6.02. The molecule has 2 fully saturated rings. The molecule has 0 saturated carbocycles. The number of carbonyl (C=O) groups excluding carboxylic acids is 2. The maximum Gasteiger partial charge on any atom is 0.228 e. The van der Waals surface area contributed by atoms with Crippen molar-refractivity contribution in [1.29, 1.82) is 0 Å². The molecule has 2 heterocycles. The van der Waals surface area contributed by atoms with Crippen LogP contribution >= 0.6 is 0 Å². The van der Waals surface area contributed by atoms with Gasteiger partial charge in [0.2, 0.25) is 11.8 Å². The van der Waals surface area contributed by atoms with Crippen molar-refractivity contribution in [2.24, 2.45) is 5.92 Å². The van der Waals surface area contributed by atoms with E-state index in [4.69, 9.17) is 4.74 Å².